The molecule has 94 valence electrons. The second kappa shape index (κ2) is 6.05. The van der Waals surface area contributed by atoms with E-state index in [1.165, 1.54) is 5.56 Å². The Morgan fingerprint density at radius 2 is 1.94 bits per heavy atom. The van der Waals surface area contributed by atoms with Gasteiger partial charge < -0.3 is 10.6 Å². The molecule has 2 N–H and O–H groups in total. The lowest BCUT2D eigenvalue weighted by atomic mass is 10.2. The molecule has 1 aromatic heterocycles. The first-order valence-electron chi connectivity index (χ1n) is 6.31. The molecule has 0 saturated carbocycles. The summed E-state index contributed by atoms with van der Waals surface area (Å²) in [5.74, 6) is 0.912. The Morgan fingerprint density at radius 1 is 1.11 bits per heavy atom. The van der Waals surface area contributed by atoms with Crippen LogP contribution in [0.5, 0.6) is 0 Å². The van der Waals surface area contributed by atoms with Crippen LogP contribution in [0.1, 0.15) is 18.9 Å². The Hall–Kier alpha value is -2.03. The molecule has 0 radical (unpaired) electrons. The largest absolute Gasteiger partial charge is 0.370 e. The number of nitrogens with one attached hydrogen (secondary N) is 2. The van der Waals surface area contributed by atoms with E-state index in [-0.39, 0.29) is 0 Å². The van der Waals surface area contributed by atoms with Gasteiger partial charge in [-0.15, -0.1) is 0 Å². The highest BCUT2D eigenvalue weighted by molar-refractivity contribution is 5.62. The lowest BCUT2D eigenvalue weighted by molar-refractivity contribution is 0.969. The third kappa shape index (κ3) is 3.48. The van der Waals surface area contributed by atoms with Gasteiger partial charge in [-0.2, -0.15) is 0 Å². The SMILES string of the molecule is CCCNc1cc(Nc2cccc(C)c2)ccn1. The Balaban J connectivity index is 2.09. The summed E-state index contributed by atoms with van der Waals surface area (Å²) < 4.78 is 0. The van der Waals surface area contributed by atoms with Gasteiger partial charge >= 0.3 is 0 Å². The van der Waals surface area contributed by atoms with Gasteiger partial charge in [-0.3, -0.25) is 0 Å². The van der Waals surface area contributed by atoms with Gasteiger partial charge in [0.15, 0.2) is 0 Å². The number of aryl methyl sites for hydroxylation is 1. The van der Waals surface area contributed by atoms with Crippen molar-refractivity contribution >= 4 is 17.2 Å². The molecule has 0 amide bonds. The van der Waals surface area contributed by atoms with Gasteiger partial charge in [0.2, 0.25) is 0 Å². The molecule has 0 aliphatic heterocycles. The summed E-state index contributed by atoms with van der Waals surface area (Å²) in [5.41, 5.74) is 3.40. The molecule has 2 rings (SSSR count). The molecule has 1 aromatic carbocycles. The van der Waals surface area contributed by atoms with Gasteiger partial charge in [0.1, 0.15) is 5.82 Å². The van der Waals surface area contributed by atoms with Crippen molar-refractivity contribution in [3.63, 3.8) is 0 Å². The van der Waals surface area contributed by atoms with E-state index in [2.05, 4.69) is 53.7 Å². The molecule has 0 saturated heterocycles. The number of anilines is 3. The van der Waals surface area contributed by atoms with Gasteiger partial charge in [-0.1, -0.05) is 19.1 Å². The van der Waals surface area contributed by atoms with Crippen molar-refractivity contribution in [1.29, 1.82) is 0 Å². The van der Waals surface area contributed by atoms with Crippen LogP contribution in [0.15, 0.2) is 42.6 Å². The molecule has 3 heteroatoms. The molecule has 3 nitrogen and oxygen atoms in total. The first kappa shape index (κ1) is 12.4. The molecule has 0 fully saturated rings. The van der Waals surface area contributed by atoms with E-state index in [1.54, 1.807) is 0 Å². The van der Waals surface area contributed by atoms with Crippen molar-refractivity contribution in [2.45, 2.75) is 20.3 Å². The van der Waals surface area contributed by atoms with Crippen molar-refractivity contribution in [2.75, 3.05) is 17.2 Å². The highest BCUT2D eigenvalue weighted by Gasteiger charge is 1.97. The zero-order valence-corrected chi connectivity index (χ0v) is 10.9. The van der Waals surface area contributed by atoms with Gasteiger partial charge in [0.25, 0.3) is 0 Å². The maximum absolute atomic E-state index is 4.28. The van der Waals surface area contributed by atoms with Crippen molar-refractivity contribution in [2.24, 2.45) is 0 Å². The fraction of sp³-hybridized carbons (Fsp3) is 0.267. The quantitative estimate of drug-likeness (QED) is 0.832. The van der Waals surface area contributed by atoms with Crippen LogP contribution in [0.3, 0.4) is 0 Å². The van der Waals surface area contributed by atoms with Gasteiger partial charge in [0, 0.05) is 30.2 Å². The highest BCUT2D eigenvalue weighted by atomic mass is 15.0. The zero-order chi connectivity index (χ0) is 12.8. The Bertz CT molecular complexity index is 509. The number of pyridine rings is 1. The highest BCUT2D eigenvalue weighted by Crippen LogP contribution is 2.19. The van der Waals surface area contributed by atoms with E-state index < -0.39 is 0 Å². The lowest BCUT2D eigenvalue weighted by Crippen LogP contribution is -2.02. The van der Waals surface area contributed by atoms with Crippen LogP contribution in [-0.4, -0.2) is 11.5 Å². The van der Waals surface area contributed by atoms with Crippen LogP contribution in [-0.2, 0) is 0 Å². The summed E-state index contributed by atoms with van der Waals surface area (Å²) in [5, 5.41) is 6.66. The fourth-order valence-corrected chi connectivity index (χ4v) is 1.75. The summed E-state index contributed by atoms with van der Waals surface area (Å²) in [6, 6.07) is 12.3. The Morgan fingerprint density at radius 3 is 2.72 bits per heavy atom. The standard InChI is InChI=1S/C15H19N3/c1-3-8-16-15-11-14(7-9-17-15)18-13-6-4-5-12(2)10-13/h4-7,9-11H,3,8H2,1-2H3,(H2,16,17,18). The minimum atomic E-state index is 0.912. The molecule has 0 aliphatic carbocycles. The molecular formula is C15H19N3. The maximum Gasteiger partial charge on any atom is 0.127 e. The number of benzene rings is 1. The topological polar surface area (TPSA) is 37.0 Å². The summed E-state index contributed by atoms with van der Waals surface area (Å²) in [7, 11) is 0. The monoisotopic (exact) mass is 241 g/mol. The predicted octanol–water partition coefficient (Wildman–Crippen LogP) is 3.96. The molecule has 0 spiro atoms. The number of nitrogens with zero attached hydrogens (tertiary/aromatic N) is 1. The minimum absolute atomic E-state index is 0.912. The van der Waals surface area contributed by atoms with Crippen LogP contribution >= 0.6 is 0 Å². The van der Waals surface area contributed by atoms with Crippen molar-refractivity contribution < 1.29 is 0 Å². The average molecular weight is 241 g/mol. The van der Waals surface area contributed by atoms with E-state index in [0.717, 1.165) is 30.2 Å². The van der Waals surface area contributed by atoms with Crippen LogP contribution < -0.4 is 10.6 Å². The van der Waals surface area contributed by atoms with E-state index in [0.29, 0.717) is 0 Å². The van der Waals surface area contributed by atoms with Gasteiger partial charge in [0.05, 0.1) is 0 Å². The zero-order valence-electron chi connectivity index (χ0n) is 10.9. The second-order valence-electron chi connectivity index (χ2n) is 4.35. The van der Waals surface area contributed by atoms with E-state index >= 15 is 0 Å². The molecule has 18 heavy (non-hydrogen) atoms. The number of hydrogen-bond donors (Lipinski definition) is 2. The summed E-state index contributed by atoms with van der Waals surface area (Å²) >= 11 is 0. The minimum Gasteiger partial charge on any atom is -0.370 e. The fourth-order valence-electron chi connectivity index (χ4n) is 1.75. The number of hydrogen-bond acceptors (Lipinski definition) is 3. The molecule has 0 atom stereocenters. The molecule has 0 aliphatic rings. The van der Waals surface area contributed by atoms with Gasteiger partial charge in [-0.25, -0.2) is 4.98 Å². The number of rotatable bonds is 5. The normalized spacial score (nSPS) is 10.1. The lowest BCUT2D eigenvalue weighted by Gasteiger charge is -2.09. The second-order valence-corrected chi connectivity index (χ2v) is 4.35. The summed E-state index contributed by atoms with van der Waals surface area (Å²) in [6.07, 6.45) is 2.91. The molecule has 0 bridgehead atoms. The molecular weight excluding hydrogens is 222 g/mol. The summed E-state index contributed by atoms with van der Waals surface area (Å²) in [6.45, 7) is 5.18. The number of aromatic nitrogens is 1. The van der Waals surface area contributed by atoms with Gasteiger partial charge in [-0.05, 0) is 37.1 Å². The first-order valence-corrected chi connectivity index (χ1v) is 6.31. The van der Waals surface area contributed by atoms with Crippen LogP contribution in [0, 0.1) is 6.92 Å². The van der Waals surface area contributed by atoms with Crippen LogP contribution in [0.2, 0.25) is 0 Å². The van der Waals surface area contributed by atoms with E-state index in [4.69, 9.17) is 0 Å². The average Bonchev–Trinajstić information content (AvgIpc) is 2.37. The van der Waals surface area contributed by atoms with Crippen molar-refractivity contribution in [3.05, 3.63) is 48.2 Å². The summed E-state index contributed by atoms with van der Waals surface area (Å²) in [4.78, 5) is 4.28. The maximum atomic E-state index is 4.28. The molecule has 0 unspecified atom stereocenters. The first-order chi connectivity index (χ1) is 8.78. The Labute approximate surface area is 108 Å². The predicted molar refractivity (Wildman–Crippen MR) is 77.5 cm³/mol. The molecule has 1 heterocycles. The third-order valence-corrected chi connectivity index (χ3v) is 2.62. The molecule has 2 aromatic rings. The van der Waals surface area contributed by atoms with Crippen molar-refractivity contribution in [3.8, 4) is 0 Å². The third-order valence-electron chi connectivity index (χ3n) is 2.62. The van der Waals surface area contributed by atoms with E-state index in [9.17, 15) is 0 Å². The van der Waals surface area contributed by atoms with Crippen LogP contribution in [0.4, 0.5) is 17.2 Å². The van der Waals surface area contributed by atoms with E-state index in [1.807, 2.05) is 18.3 Å². The smallest absolute Gasteiger partial charge is 0.127 e. The van der Waals surface area contributed by atoms with Crippen molar-refractivity contribution in [1.82, 2.24) is 4.98 Å². The van der Waals surface area contributed by atoms with Crippen LogP contribution in [0.25, 0.3) is 0 Å². The Kier molecular flexibility index (Phi) is 4.18.